The summed E-state index contributed by atoms with van der Waals surface area (Å²) >= 11 is 0. The third kappa shape index (κ3) is 3.49. The van der Waals surface area contributed by atoms with Gasteiger partial charge in [0.15, 0.2) is 0 Å². The van der Waals surface area contributed by atoms with Gasteiger partial charge in [0.2, 0.25) is 0 Å². The molecule has 0 aliphatic heterocycles. The van der Waals surface area contributed by atoms with Crippen molar-refractivity contribution in [1.29, 1.82) is 5.26 Å². The van der Waals surface area contributed by atoms with Crippen molar-refractivity contribution in [2.45, 2.75) is 76.9 Å². The van der Waals surface area contributed by atoms with E-state index in [9.17, 15) is 5.26 Å². The number of nitrogens with one attached hydrogen (secondary N) is 1. The summed E-state index contributed by atoms with van der Waals surface area (Å²) in [6.07, 6.45) is 7.19. The van der Waals surface area contributed by atoms with Crippen LogP contribution in [0.4, 0.5) is 0 Å². The van der Waals surface area contributed by atoms with Gasteiger partial charge in [0, 0.05) is 12.1 Å². The van der Waals surface area contributed by atoms with Crippen LogP contribution in [-0.2, 0) is 0 Å². The number of nitriles is 1. The Morgan fingerprint density at radius 2 is 2.11 bits per heavy atom. The average molecular weight is 263 g/mol. The first kappa shape index (κ1) is 14.8. The van der Waals surface area contributed by atoms with Crippen LogP contribution < -0.4 is 5.32 Å². The Hall–Kier alpha value is -0.590. The maximum absolute atomic E-state index is 9.67. The van der Waals surface area contributed by atoms with Gasteiger partial charge in [-0.05, 0) is 65.0 Å². The Morgan fingerprint density at radius 1 is 1.37 bits per heavy atom. The van der Waals surface area contributed by atoms with E-state index in [0.717, 1.165) is 19.5 Å². The van der Waals surface area contributed by atoms with Gasteiger partial charge in [0.1, 0.15) is 5.54 Å². The van der Waals surface area contributed by atoms with Gasteiger partial charge in [-0.25, -0.2) is 0 Å². The van der Waals surface area contributed by atoms with Gasteiger partial charge in [-0.2, -0.15) is 5.26 Å². The molecule has 0 spiro atoms. The maximum Gasteiger partial charge on any atom is 0.109 e. The molecule has 0 bridgehead atoms. The molecule has 0 aromatic heterocycles. The molecule has 0 radical (unpaired) electrons. The predicted molar refractivity (Wildman–Crippen MR) is 78.8 cm³/mol. The van der Waals surface area contributed by atoms with Crippen molar-refractivity contribution < 1.29 is 0 Å². The van der Waals surface area contributed by atoms with Crippen LogP contribution in [0.2, 0.25) is 0 Å². The summed E-state index contributed by atoms with van der Waals surface area (Å²) in [6.45, 7) is 9.00. The summed E-state index contributed by atoms with van der Waals surface area (Å²) in [5.41, 5.74) is -0.211. The summed E-state index contributed by atoms with van der Waals surface area (Å²) in [6, 6.07) is 3.88. The molecule has 2 fully saturated rings. The van der Waals surface area contributed by atoms with Crippen molar-refractivity contribution in [3.05, 3.63) is 0 Å². The summed E-state index contributed by atoms with van der Waals surface area (Å²) in [5, 5.41) is 13.3. The van der Waals surface area contributed by atoms with Gasteiger partial charge in [0.25, 0.3) is 0 Å². The summed E-state index contributed by atoms with van der Waals surface area (Å²) < 4.78 is 0. The second kappa shape index (κ2) is 6.24. The fraction of sp³-hybridized carbons (Fsp3) is 0.938. The average Bonchev–Trinajstić information content (AvgIpc) is 3.10. The minimum atomic E-state index is -0.211. The molecule has 0 aromatic rings. The van der Waals surface area contributed by atoms with E-state index in [2.05, 4.69) is 37.1 Å². The monoisotopic (exact) mass is 263 g/mol. The number of nitrogens with zero attached hydrogens (tertiary/aromatic N) is 2. The fourth-order valence-electron chi connectivity index (χ4n) is 3.53. The molecule has 19 heavy (non-hydrogen) atoms. The third-order valence-electron chi connectivity index (χ3n) is 4.96. The highest BCUT2D eigenvalue weighted by Gasteiger charge is 2.45. The highest BCUT2D eigenvalue weighted by molar-refractivity contribution is 5.16. The van der Waals surface area contributed by atoms with E-state index in [1.807, 2.05) is 0 Å². The molecule has 108 valence electrons. The zero-order chi connectivity index (χ0) is 13.9. The highest BCUT2D eigenvalue weighted by Crippen LogP contribution is 2.40. The first-order valence-corrected chi connectivity index (χ1v) is 8.04. The molecular weight excluding hydrogens is 234 g/mol. The molecule has 1 N–H and O–H groups in total. The number of hydrogen-bond acceptors (Lipinski definition) is 3. The van der Waals surface area contributed by atoms with Crippen molar-refractivity contribution in [2.24, 2.45) is 5.92 Å². The predicted octanol–water partition coefficient (Wildman–Crippen LogP) is 2.92. The molecule has 0 aromatic carbocycles. The van der Waals surface area contributed by atoms with Crippen LogP contribution in [0.1, 0.15) is 59.3 Å². The van der Waals surface area contributed by atoms with E-state index in [-0.39, 0.29) is 5.54 Å². The molecule has 2 atom stereocenters. The van der Waals surface area contributed by atoms with E-state index < -0.39 is 0 Å². The molecule has 2 unspecified atom stereocenters. The SMILES string of the molecule is CCN(CCC1CCCC1(C#N)NC1CC1)C(C)C. The standard InChI is InChI=1S/C16H29N3/c1-4-19(13(2)3)11-9-14-6-5-10-16(14,12-17)18-15-7-8-15/h13-15,18H,4-11H2,1-3H3. The van der Waals surface area contributed by atoms with Crippen LogP contribution >= 0.6 is 0 Å². The van der Waals surface area contributed by atoms with E-state index in [1.165, 1.54) is 32.1 Å². The fourth-order valence-corrected chi connectivity index (χ4v) is 3.53. The van der Waals surface area contributed by atoms with Crippen molar-refractivity contribution in [3.63, 3.8) is 0 Å². The van der Waals surface area contributed by atoms with E-state index in [1.54, 1.807) is 0 Å². The molecule has 2 aliphatic rings. The van der Waals surface area contributed by atoms with Crippen LogP contribution in [0.25, 0.3) is 0 Å². The van der Waals surface area contributed by atoms with Crippen molar-refractivity contribution >= 4 is 0 Å². The summed E-state index contributed by atoms with van der Waals surface area (Å²) in [5.74, 6) is 0.547. The van der Waals surface area contributed by atoms with Crippen LogP contribution in [-0.4, -0.2) is 35.6 Å². The van der Waals surface area contributed by atoms with Gasteiger partial charge in [-0.15, -0.1) is 0 Å². The van der Waals surface area contributed by atoms with Crippen molar-refractivity contribution in [3.8, 4) is 6.07 Å². The normalized spacial score (nSPS) is 31.1. The van der Waals surface area contributed by atoms with Crippen LogP contribution in [0.3, 0.4) is 0 Å². The summed E-state index contributed by atoms with van der Waals surface area (Å²) in [4.78, 5) is 2.51. The van der Waals surface area contributed by atoms with Crippen LogP contribution in [0.15, 0.2) is 0 Å². The molecular formula is C16H29N3. The van der Waals surface area contributed by atoms with Gasteiger partial charge >= 0.3 is 0 Å². The van der Waals surface area contributed by atoms with Gasteiger partial charge in [0.05, 0.1) is 6.07 Å². The lowest BCUT2D eigenvalue weighted by Gasteiger charge is -2.33. The summed E-state index contributed by atoms with van der Waals surface area (Å²) in [7, 11) is 0. The molecule has 0 amide bonds. The largest absolute Gasteiger partial charge is 0.301 e. The minimum Gasteiger partial charge on any atom is -0.301 e. The van der Waals surface area contributed by atoms with Gasteiger partial charge < -0.3 is 4.90 Å². The molecule has 2 saturated carbocycles. The first-order valence-electron chi connectivity index (χ1n) is 8.04. The Kier molecular flexibility index (Phi) is 4.86. The second-order valence-corrected chi connectivity index (χ2v) is 6.60. The lowest BCUT2D eigenvalue weighted by atomic mass is 9.85. The lowest BCUT2D eigenvalue weighted by molar-refractivity contribution is 0.196. The first-order chi connectivity index (χ1) is 9.11. The van der Waals surface area contributed by atoms with Gasteiger partial charge in [-0.3, -0.25) is 5.32 Å². The number of hydrogen-bond donors (Lipinski definition) is 1. The molecule has 3 nitrogen and oxygen atoms in total. The quantitative estimate of drug-likeness (QED) is 0.767. The van der Waals surface area contributed by atoms with E-state index in [4.69, 9.17) is 0 Å². The second-order valence-electron chi connectivity index (χ2n) is 6.60. The Bertz CT molecular complexity index is 329. The lowest BCUT2D eigenvalue weighted by Crippen LogP contribution is -2.49. The highest BCUT2D eigenvalue weighted by atomic mass is 15.1. The Balaban J connectivity index is 1.92. The van der Waals surface area contributed by atoms with E-state index >= 15 is 0 Å². The van der Waals surface area contributed by atoms with Gasteiger partial charge in [-0.1, -0.05) is 13.3 Å². The zero-order valence-electron chi connectivity index (χ0n) is 12.8. The maximum atomic E-state index is 9.67. The molecule has 2 rings (SSSR count). The minimum absolute atomic E-state index is 0.211. The Labute approximate surface area is 118 Å². The van der Waals surface area contributed by atoms with Crippen molar-refractivity contribution in [2.75, 3.05) is 13.1 Å². The zero-order valence-corrected chi connectivity index (χ0v) is 12.8. The molecule has 2 aliphatic carbocycles. The van der Waals surface area contributed by atoms with Crippen LogP contribution in [0, 0.1) is 17.2 Å². The smallest absolute Gasteiger partial charge is 0.109 e. The van der Waals surface area contributed by atoms with Crippen molar-refractivity contribution in [1.82, 2.24) is 10.2 Å². The molecule has 3 heteroatoms. The van der Waals surface area contributed by atoms with E-state index in [0.29, 0.717) is 18.0 Å². The third-order valence-corrected chi connectivity index (χ3v) is 4.96. The Morgan fingerprint density at radius 3 is 2.63 bits per heavy atom. The van der Waals surface area contributed by atoms with Crippen LogP contribution in [0.5, 0.6) is 0 Å². The topological polar surface area (TPSA) is 39.1 Å². The molecule has 0 heterocycles. The number of rotatable bonds is 7. The molecule has 0 saturated heterocycles.